The molecule has 2 rings (SSSR count). The standard InChI is InChI=1S/C14H11N3O2/c18-7-3-5-11-4-1-2-6-13(11)17-14(19)12-8-15-10-16-9-12/h1-2,4,6,8-10,18H,7H2,(H,17,19). The molecule has 2 aromatic rings. The van der Waals surface area contributed by atoms with Crippen LogP contribution in [-0.4, -0.2) is 27.6 Å². The van der Waals surface area contributed by atoms with E-state index >= 15 is 0 Å². The Labute approximate surface area is 110 Å². The third-order valence-corrected chi connectivity index (χ3v) is 2.30. The predicted octanol–water partition coefficient (Wildman–Crippen LogP) is 1.07. The van der Waals surface area contributed by atoms with Crippen LogP contribution in [0.15, 0.2) is 43.0 Å². The molecule has 1 heterocycles. The topological polar surface area (TPSA) is 75.1 Å². The van der Waals surface area contributed by atoms with Crippen molar-refractivity contribution in [2.24, 2.45) is 0 Å². The zero-order chi connectivity index (χ0) is 13.5. The number of anilines is 1. The molecule has 0 aliphatic carbocycles. The van der Waals surface area contributed by atoms with Crippen LogP contribution < -0.4 is 5.32 Å². The van der Waals surface area contributed by atoms with Gasteiger partial charge >= 0.3 is 0 Å². The molecule has 0 aliphatic rings. The minimum absolute atomic E-state index is 0.227. The number of hydrogen-bond acceptors (Lipinski definition) is 4. The van der Waals surface area contributed by atoms with E-state index in [9.17, 15) is 4.79 Å². The minimum atomic E-state index is -0.307. The van der Waals surface area contributed by atoms with Gasteiger partial charge in [0, 0.05) is 18.0 Å². The lowest BCUT2D eigenvalue weighted by Gasteiger charge is -2.06. The molecule has 0 atom stereocenters. The first-order valence-electron chi connectivity index (χ1n) is 5.56. The number of carbonyl (C=O) groups excluding carboxylic acids is 1. The first-order valence-corrected chi connectivity index (χ1v) is 5.56. The average molecular weight is 253 g/mol. The van der Waals surface area contributed by atoms with Gasteiger partial charge in [-0.25, -0.2) is 9.97 Å². The Bertz CT molecular complexity index is 630. The number of nitrogens with one attached hydrogen (secondary N) is 1. The van der Waals surface area contributed by atoms with Gasteiger partial charge < -0.3 is 10.4 Å². The quantitative estimate of drug-likeness (QED) is 0.785. The molecule has 0 saturated carbocycles. The van der Waals surface area contributed by atoms with Gasteiger partial charge in [0.2, 0.25) is 0 Å². The van der Waals surface area contributed by atoms with Crippen molar-refractivity contribution in [3.05, 3.63) is 54.1 Å². The highest BCUT2D eigenvalue weighted by molar-refractivity contribution is 6.04. The van der Waals surface area contributed by atoms with Gasteiger partial charge in [-0.1, -0.05) is 24.0 Å². The molecular formula is C14H11N3O2. The smallest absolute Gasteiger partial charge is 0.258 e. The summed E-state index contributed by atoms with van der Waals surface area (Å²) in [5.74, 6) is 5.01. The zero-order valence-corrected chi connectivity index (χ0v) is 10.00. The van der Waals surface area contributed by atoms with Crippen molar-refractivity contribution in [2.45, 2.75) is 0 Å². The van der Waals surface area contributed by atoms with Crippen LogP contribution in [0.3, 0.4) is 0 Å². The second-order valence-corrected chi connectivity index (χ2v) is 3.59. The van der Waals surface area contributed by atoms with Crippen molar-refractivity contribution in [3.63, 3.8) is 0 Å². The van der Waals surface area contributed by atoms with Gasteiger partial charge in [-0.05, 0) is 12.1 Å². The summed E-state index contributed by atoms with van der Waals surface area (Å²) in [7, 11) is 0. The summed E-state index contributed by atoms with van der Waals surface area (Å²) in [6.07, 6.45) is 4.23. The van der Waals surface area contributed by atoms with Crippen molar-refractivity contribution in [3.8, 4) is 11.8 Å². The van der Waals surface area contributed by atoms with Crippen molar-refractivity contribution in [1.29, 1.82) is 0 Å². The summed E-state index contributed by atoms with van der Waals surface area (Å²) in [5, 5.41) is 11.4. The largest absolute Gasteiger partial charge is 0.384 e. The van der Waals surface area contributed by atoms with Crippen LogP contribution in [0, 0.1) is 11.8 Å². The van der Waals surface area contributed by atoms with E-state index in [2.05, 4.69) is 27.1 Å². The average Bonchev–Trinajstić information content (AvgIpc) is 2.47. The highest BCUT2D eigenvalue weighted by atomic mass is 16.2. The van der Waals surface area contributed by atoms with E-state index in [-0.39, 0.29) is 12.5 Å². The Morgan fingerprint density at radius 3 is 2.74 bits per heavy atom. The molecule has 0 unspecified atom stereocenters. The van der Waals surface area contributed by atoms with Crippen LogP contribution in [0.5, 0.6) is 0 Å². The van der Waals surface area contributed by atoms with Crippen LogP contribution in [0.1, 0.15) is 15.9 Å². The van der Waals surface area contributed by atoms with Crippen molar-refractivity contribution in [2.75, 3.05) is 11.9 Å². The molecule has 0 radical (unpaired) electrons. The zero-order valence-electron chi connectivity index (χ0n) is 10.00. The molecule has 1 aromatic heterocycles. The lowest BCUT2D eigenvalue weighted by atomic mass is 10.1. The highest BCUT2D eigenvalue weighted by Crippen LogP contribution is 2.14. The summed E-state index contributed by atoms with van der Waals surface area (Å²) in [4.78, 5) is 19.5. The van der Waals surface area contributed by atoms with E-state index in [1.54, 1.807) is 18.2 Å². The van der Waals surface area contributed by atoms with Crippen molar-refractivity contribution in [1.82, 2.24) is 9.97 Å². The van der Waals surface area contributed by atoms with E-state index in [0.29, 0.717) is 16.8 Å². The first kappa shape index (κ1) is 12.7. The van der Waals surface area contributed by atoms with Crippen LogP contribution >= 0.6 is 0 Å². The Hall–Kier alpha value is -2.71. The lowest BCUT2D eigenvalue weighted by Crippen LogP contribution is -2.13. The molecule has 5 heteroatoms. The number of rotatable bonds is 2. The number of benzene rings is 1. The number of aromatic nitrogens is 2. The van der Waals surface area contributed by atoms with E-state index in [1.807, 2.05) is 6.07 Å². The Morgan fingerprint density at radius 2 is 2.00 bits per heavy atom. The van der Waals surface area contributed by atoms with E-state index in [0.717, 1.165) is 0 Å². The van der Waals surface area contributed by atoms with Crippen LogP contribution in [0.4, 0.5) is 5.69 Å². The fourth-order valence-corrected chi connectivity index (χ4v) is 1.45. The maximum Gasteiger partial charge on any atom is 0.258 e. The molecule has 19 heavy (non-hydrogen) atoms. The van der Waals surface area contributed by atoms with Crippen LogP contribution in [0.2, 0.25) is 0 Å². The monoisotopic (exact) mass is 253 g/mol. The maximum atomic E-state index is 12.0. The number of nitrogens with zero attached hydrogens (tertiary/aromatic N) is 2. The second-order valence-electron chi connectivity index (χ2n) is 3.59. The van der Waals surface area contributed by atoms with Crippen LogP contribution in [0.25, 0.3) is 0 Å². The molecule has 0 saturated heterocycles. The van der Waals surface area contributed by atoms with Gasteiger partial charge in [0.05, 0.1) is 11.3 Å². The number of para-hydroxylation sites is 1. The molecule has 5 nitrogen and oxygen atoms in total. The fourth-order valence-electron chi connectivity index (χ4n) is 1.45. The predicted molar refractivity (Wildman–Crippen MR) is 70.4 cm³/mol. The Kier molecular flexibility index (Phi) is 4.21. The van der Waals surface area contributed by atoms with Gasteiger partial charge in [0.25, 0.3) is 5.91 Å². The van der Waals surface area contributed by atoms with Crippen molar-refractivity contribution < 1.29 is 9.90 Å². The number of aliphatic hydroxyl groups is 1. The number of amides is 1. The number of hydrogen-bond donors (Lipinski definition) is 2. The summed E-state index contributed by atoms with van der Waals surface area (Å²) >= 11 is 0. The summed E-state index contributed by atoms with van der Waals surface area (Å²) < 4.78 is 0. The minimum Gasteiger partial charge on any atom is -0.384 e. The Morgan fingerprint density at radius 1 is 1.26 bits per heavy atom. The lowest BCUT2D eigenvalue weighted by molar-refractivity contribution is 0.102. The number of carbonyl (C=O) groups is 1. The third-order valence-electron chi connectivity index (χ3n) is 2.30. The third kappa shape index (κ3) is 3.37. The van der Waals surface area contributed by atoms with Crippen LogP contribution in [-0.2, 0) is 0 Å². The van der Waals surface area contributed by atoms with E-state index in [1.165, 1.54) is 18.7 Å². The SMILES string of the molecule is O=C(Nc1ccccc1C#CCO)c1cncnc1. The number of aliphatic hydroxyl groups excluding tert-OH is 1. The molecule has 2 N–H and O–H groups in total. The Balaban J connectivity index is 2.22. The fraction of sp³-hybridized carbons (Fsp3) is 0.0714. The second kappa shape index (κ2) is 6.28. The molecule has 0 fully saturated rings. The summed E-state index contributed by atoms with van der Waals surface area (Å²) in [6, 6.07) is 7.10. The molecule has 0 bridgehead atoms. The first-order chi connectivity index (χ1) is 9.31. The molecular weight excluding hydrogens is 242 g/mol. The molecule has 0 spiro atoms. The van der Waals surface area contributed by atoms with E-state index in [4.69, 9.17) is 5.11 Å². The van der Waals surface area contributed by atoms with Gasteiger partial charge in [-0.2, -0.15) is 0 Å². The highest BCUT2D eigenvalue weighted by Gasteiger charge is 2.08. The van der Waals surface area contributed by atoms with Gasteiger partial charge in [0.1, 0.15) is 12.9 Å². The van der Waals surface area contributed by atoms with Gasteiger partial charge in [-0.3, -0.25) is 4.79 Å². The molecule has 1 aromatic carbocycles. The normalized spacial score (nSPS) is 9.32. The van der Waals surface area contributed by atoms with Gasteiger partial charge in [-0.15, -0.1) is 0 Å². The molecule has 94 valence electrons. The maximum absolute atomic E-state index is 12.0. The van der Waals surface area contributed by atoms with Crippen molar-refractivity contribution >= 4 is 11.6 Å². The summed E-state index contributed by atoms with van der Waals surface area (Å²) in [6.45, 7) is -0.227. The molecule has 1 amide bonds. The van der Waals surface area contributed by atoms with Gasteiger partial charge in [0.15, 0.2) is 0 Å². The van der Waals surface area contributed by atoms with E-state index < -0.39 is 0 Å². The molecule has 0 aliphatic heterocycles. The summed E-state index contributed by atoms with van der Waals surface area (Å²) in [5.41, 5.74) is 1.59.